The van der Waals surface area contributed by atoms with E-state index in [0.717, 1.165) is 43.1 Å². The Balaban J connectivity index is 0.000000141. The van der Waals surface area contributed by atoms with Gasteiger partial charge in [-0.15, -0.1) is 0 Å². The van der Waals surface area contributed by atoms with Crippen molar-refractivity contribution in [3.63, 3.8) is 0 Å². The van der Waals surface area contributed by atoms with Crippen molar-refractivity contribution in [1.82, 2.24) is 35.6 Å². The molecule has 9 heteroatoms. The van der Waals surface area contributed by atoms with E-state index in [1.54, 1.807) is 0 Å². The Hall–Kier alpha value is -3.82. The van der Waals surface area contributed by atoms with Crippen LogP contribution in [0.25, 0.3) is 16.3 Å². The number of nitrogens with one attached hydrogen (secondary N) is 4. The molecule has 5 aliphatic rings. The van der Waals surface area contributed by atoms with Crippen LogP contribution >= 0.6 is 0 Å². The van der Waals surface area contributed by atoms with Crippen LogP contribution in [0, 0.1) is 49.4 Å². The molecule has 0 bridgehead atoms. The van der Waals surface area contributed by atoms with E-state index in [0.29, 0.717) is 29.6 Å². The van der Waals surface area contributed by atoms with Gasteiger partial charge in [0, 0.05) is 35.5 Å². The van der Waals surface area contributed by atoms with Crippen molar-refractivity contribution in [2.45, 2.75) is 71.4 Å². The first-order valence-corrected chi connectivity index (χ1v) is 17.8. The standard InChI is InChI=1S/C20H26N4O.C19H23N3O/c1-11-5-4-8-24-17(11)16(12-6-7-12)22-19(24)20(2,3)23-18(25)15-13-9-21-10-14(13)15;1-11-4-5-13-12(8-11)6-7-21-17(13)19(2,3)22-18(23)16-14-9-20-10-15(14)16/h4-5,8,12-15,21H,6-7,9-10H2,1-3H3,(H,23,25);4-8,14-16,20H,9-10H2,1-3H3,(H,22,23). The lowest BCUT2D eigenvalue weighted by molar-refractivity contribution is -0.125. The molecule has 48 heavy (non-hydrogen) atoms. The number of imidazole rings is 1. The first-order chi connectivity index (χ1) is 22.9. The number of nitrogens with zero attached hydrogens (tertiary/aromatic N) is 3. The van der Waals surface area contributed by atoms with Gasteiger partial charge in [-0.1, -0.05) is 29.8 Å². The van der Waals surface area contributed by atoms with E-state index in [-0.39, 0.29) is 23.7 Å². The van der Waals surface area contributed by atoms with Crippen LogP contribution in [-0.4, -0.2) is 52.4 Å². The molecule has 1 aromatic carbocycles. The van der Waals surface area contributed by atoms with Crippen molar-refractivity contribution in [1.29, 1.82) is 0 Å². The van der Waals surface area contributed by atoms with E-state index < -0.39 is 11.1 Å². The third-order valence-electron chi connectivity index (χ3n) is 11.6. The van der Waals surface area contributed by atoms with Crippen LogP contribution in [0.5, 0.6) is 0 Å². The molecule has 252 valence electrons. The van der Waals surface area contributed by atoms with Crippen LogP contribution in [-0.2, 0) is 20.7 Å². The van der Waals surface area contributed by atoms with E-state index in [2.05, 4.69) is 94.9 Å². The molecular weight excluding hydrogens is 598 g/mol. The maximum Gasteiger partial charge on any atom is 0.224 e. The van der Waals surface area contributed by atoms with Gasteiger partial charge in [-0.2, -0.15) is 0 Å². The summed E-state index contributed by atoms with van der Waals surface area (Å²) < 4.78 is 2.19. The van der Waals surface area contributed by atoms with Gasteiger partial charge < -0.3 is 25.7 Å². The van der Waals surface area contributed by atoms with Gasteiger partial charge in [0.1, 0.15) is 5.82 Å². The predicted octanol–water partition coefficient (Wildman–Crippen LogP) is 4.70. The third kappa shape index (κ3) is 5.49. The number of carbonyl (C=O) groups excluding carboxylic acids is 2. The van der Waals surface area contributed by atoms with Crippen LogP contribution in [0.2, 0.25) is 0 Å². The quantitative estimate of drug-likeness (QED) is 0.232. The molecule has 0 radical (unpaired) electrons. The average Bonchev–Trinajstić information content (AvgIpc) is 3.99. The molecule has 2 aliphatic heterocycles. The summed E-state index contributed by atoms with van der Waals surface area (Å²) in [5.74, 6) is 4.44. The molecule has 5 heterocycles. The first-order valence-electron chi connectivity index (χ1n) is 17.8. The molecule has 4 aromatic rings. The topological polar surface area (TPSA) is 112 Å². The zero-order valence-electron chi connectivity index (χ0n) is 29.1. The van der Waals surface area contributed by atoms with Gasteiger partial charge >= 0.3 is 0 Å². The number of piperidine rings is 2. The molecule has 9 rings (SSSR count). The van der Waals surface area contributed by atoms with Crippen LogP contribution in [0.15, 0.2) is 48.8 Å². The lowest BCUT2D eigenvalue weighted by Gasteiger charge is -2.27. The number of benzene rings is 1. The van der Waals surface area contributed by atoms with E-state index in [9.17, 15) is 9.59 Å². The minimum Gasteiger partial charge on any atom is -0.345 e. The second kappa shape index (κ2) is 11.4. The largest absolute Gasteiger partial charge is 0.345 e. The highest BCUT2D eigenvalue weighted by Crippen LogP contribution is 2.50. The highest BCUT2D eigenvalue weighted by molar-refractivity contribution is 5.88. The van der Waals surface area contributed by atoms with Gasteiger partial charge in [-0.05, 0) is 127 Å². The predicted molar refractivity (Wildman–Crippen MR) is 187 cm³/mol. The van der Waals surface area contributed by atoms with Crippen LogP contribution in [0.3, 0.4) is 0 Å². The minimum absolute atomic E-state index is 0.178. The lowest BCUT2D eigenvalue weighted by Crippen LogP contribution is -2.44. The number of pyridine rings is 2. The van der Waals surface area contributed by atoms with E-state index >= 15 is 0 Å². The van der Waals surface area contributed by atoms with Gasteiger partial charge in [-0.25, -0.2) is 4.98 Å². The zero-order valence-corrected chi connectivity index (χ0v) is 29.1. The van der Waals surface area contributed by atoms with E-state index in [4.69, 9.17) is 4.98 Å². The van der Waals surface area contributed by atoms with Gasteiger partial charge in [-0.3, -0.25) is 14.6 Å². The summed E-state index contributed by atoms with van der Waals surface area (Å²) in [6.07, 6.45) is 6.37. The summed E-state index contributed by atoms with van der Waals surface area (Å²) in [6, 6.07) is 12.6. The smallest absolute Gasteiger partial charge is 0.224 e. The summed E-state index contributed by atoms with van der Waals surface area (Å²) in [5, 5.41) is 15.5. The second-order valence-corrected chi connectivity index (χ2v) is 16.1. The third-order valence-corrected chi connectivity index (χ3v) is 11.6. The van der Waals surface area contributed by atoms with Gasteiger partial charge in [0.2, 0.25) is 11.8 Å². The van der Waals surface area contributed by atoms with Crippen LogP contribution in [0.4, 0.5) is 0 Å². The summed E-state index contributed by atoms with van der Waals surface area (Å²) in [5.41, 5.74) is 4.91. The molecule has 3 aliphatic carbocycles. The fraction of sp³-hybridized carbons (Fsp3) is 0.538. The van der Waals surface area contributed by atoms with Crippen molar-refractivity contribution in [2.75, 3.05) is 26.2 Å². The zero-order chi connectivity index (χ0) is 33.5. The monoisotopic (exact) mass is 647 g/mol. The SMILES string of the molecule is Cc1ccc2c(C(C)(C)NC(=O)C3C4CNCC43)nccc2c1.Cc1cccn2c(C(C)(C)NC(=O)C3C4CNCC43)nc(C3CC3)c12. The molecule has 2 amide bonds. The normalized spacial score (nSPS) is 27.2. The average molecular weight is 648 g/mol. The molecule has 3 saturated carbocycles. The summed E-state index contributed by atoms with van der Waals surface area (Å²) >= 11 is 0. The van der Waals surface area contributed by atoms with Crippen LogP contribution in [0.1, 0.15) is 74.8 Å². The summed E-state index contributed by atoms with van der Waals surface area (Å²) in [6.45, 7) is 16.4. The van der Waals surface area contributed by atoms with E-state index in [1.165, 1.54) is 40.6 Å². The second-order valence-electron chi connectivity index (χ2n) is 16.1. The number of fused-ring (bicyclic) bond motifs is 4. The maximum absolute atomic E-state index is 12.8. The molecule has 4 N–H and O–H groups in total. The van der Waals surface area contributed by atoms with Crippen molar-refractivity contribution in [3.8, 4) is 0 Å². The molecule has 4 atom stereocenters. The first kappa shape index (κ1) is 31.4. The van der Waals surface area contributed by atoms with Crippen molar-refractivity contribution in [2.24, 2.45) is 35.5 Å². The Morgan fingerprint density at radius 3 is 2.04 bits per heavy atom. The number of aryl methyl sites for hydroxylation is 2. The number of rotatable bonds is 7. The maximum atomic E-state index is 12.8. The van der Waals surface area contributed by atoms with Crippen molar-refractivity contribution in [3.05, 3.63) is 77.1 Å². The lowest BCUT2D eigenvalue weighted by atomic mass is 9.93. The van der Waals surface area contributed by atoms with Crippen molar-refractivity contribution < 1.29 is 9.59 Å². The van der Waals surface area contributed by atoms with Crippen molar-refractivity contribution >= 4 is 28.1 Å². The molecule has 9 nitrogen and oxygen atoms in total. The Bertz CT molecular complexity index is 1900. The molecule has 3 aromatic heterocycles. The minimum atomic E-state index is -0.481. The van der Waals surface area contributed by atoms with Gasteiger partial charge in [0.15, 0.2) is 0 Å². The highest BCUT2D eigenvalue weighted by Gasteiger charge is 2.58. The number of carbonyl (C=O) groups is 2. The summed E-state index contributed by atoms with van der Waals surface area (Å²) in [7, 11) is 0. The highest BCUT2D eigenvalue weighted by atomic mass is 16.2. The molecule has 5 fully saturated rings. The molecule has 4 unspecified atom stereocenters. The molecule has 0 spiro atoms. The fourth-order valence-corrected chi connectivity index (χ4v) is 8.73. The van der Waals surface area contributed by atoms with Gasteiger partial charge in [0.25, 0.3) is 0 Å². The van der Waals surface area contributed by atoms with Crippen LogP contribution < -0.4 is 21.3 Å². The number of hydrogen-bond acceptors (Lipinski definition) is 6. The number of hydrogen-bond donors (Lipinski definition) is 4. The van der Waals surface area contributed by atoms with Gasteiger partial charge in [0.05, 0.1) is 28.0 Å². The Labute approximate surface area is 283 Å². The number of amides is 2. The Morgan fingerprint density at radius 1 is 0.833 bits per heavy atom. The summed E-state index contributed by atoms with van der Waals surface area (Å²) in [4.78, 5) is 35.0. The number of aromatic nitrogens is 3. The molecule has 2 saturated heterocycles. The Morgan fingerprint density at radius 2 is 1.44 bits per heavy atom. The van der Waals surface area contributed by atoms with E-state index in [1.807, 2.05) is 26.1 Å². The Kier molecular flexibility index (Phi) is 7.45. The fourth-order valence-electron chi connectivity index (χ4n) is 8.73. The molecular formula is C39H49N7O2.